The Morgan fingerprint density at radius 2 is 1.89 bits per heavy atom. The van der Waals surface area contributed by atoms with Crippen LogP contribution < -0.4 is 15.4 Å². The second kappa shape index (κ2) is 8.26. The second-order valence-electron chi connectivity index (χ2n) is 4.13. The Labute approximate surface area is 113 Å². The highest BCUT2D eigenvalue weighted by molar-refractivity contribution is 5.94. The number of carbonyl (C=O) groups excluding carboxylic acids is 2. The third kappa shape index (κ3) is 6.57. The molecule has 2 amide bonds. The maximum atomic E-state index is 11.4. The average Bonchev–Trinajstić information content (AvgIpc) is 2.35. The van der Waals surface area contributed by atoms with Gasteiger partial charge in [-0.25, -0.2) is 0 Å². The molecule has 0 heterocycles. The third-order valence-corrected chi connectivity index (χ3v) is 2.40. The summed E-state index contributed by atoms with van der Waals surface area (Å²) in [6.45, 7) is 5.70. The van der Waals surface area contributed by atoms with Gasteiger partial charge in [-0.1, -0.05) is 19.1 Å². The predicted molar refractivity (Wildman–Crippen MR) is 73.0 cm³/mol. The third-order valence-electron chi connectivity index (χ3n) is 2.40. The van der Waals surface area contributed by atoms with Gasteiger partial charge in [0.2, 0.25) is 11.8 Å². The number of likely N-dealkylation sites (N-methyl/N-ethyl adjacent to an activating group) is 1. The van der Waals surface area contributed by atoms with Crippen molar-refractivity contribution >= 4 is 11.8 Å². The lowest BCUT2D eigenvalue weighted by Gasteiger charge is -2.07. The first kappa shape index (κ1) is 15.2. The van der Waals surface area contributed by atoms with Crippen LogP contribution in [0.25, 0.3) is 0 Å². The number of rotatable bonds is 7. The fourth-order valence-electron chi connectivity index (χ4n) is 1.55. The minimum absolute atomic E-state index is 0.192. The first-order chi connectivity index (χ1) is 9.11. The number of hydrogen-bond donors (Lipinski definition) is 2. The molecule has 0 radical (unpaired) electrons. The van der Waals surface area contributed by atoms with Crippen molar-refractivity contribution in [3.8, 4) is 5.75 Å². The van der Waals surface area contributed by atoms with Gasteiger partial charge in [-0.15, -0.1) is 0 Å². The number of carbonyl (C=O) groups is 2. The van der Waals surface area contributed by atoms with Gasteiger partial charge in [0.25, 0.3) is 0 Å². The zero-order valence-corrected chi connectivity index (χ0v) is 11.4. The Kier molecular flexibility index (Phi) is 6.60. The SMILES string of the molecule is CCNCCOc1ccc(CC(=O)NC(C)=O)cc1. The second-order valence-corrected chi connectivity index (χ2v) is 4.13. The maximum absolute atomic E-state index is 11.4. The number of hydrogen-bond acceptors (Lipinski definition) is 4. The van der Waals surface area contributed by atoms with Crippen molar-refractivity contribution in [1.29, 1.82) is 0 Å². The first-order valence-electron chi connectivity index (χ1n) is 6.34. The summed E-state index contributed by atoms with van der Waals surface area (Å²) in [5, 5.41) is 5.40. The molecule has 2 N–H and O–H groups in total. The van der Waals surface area contributed by atoms with E-state index in [1.165, 1.54) is 6.92 Å². The van der Waals surface area contributed by atoms with Crippen LogP contribution in [0.4, 0.5) is 0 Å². The molecule has 5 nitrogen and oxygen atoms in total. The van der Waals surface area contributed by atoms with E-state index in [1.54, 1.807) is 0 Å². The quantitative estimate of drug-likeness (QED) is 0.717. The first-order valence-corrected chi connectivity index (χ1v) is 6.34. The molecule has 1 aromatic carbocycles. The zero-order chi connectivity index (χ0) is 14.1. The number of ether oxygens (including phenoxy) is 1. The lowest BCUT2D eigenvalue weighted by atomic mass is 10.1. The summed E-state index contributed by atoms with van der Waals surface area (Å²) in [4.78, 5) is 22.1. The fourth-order valence-corrected chi connectivity index (χ4v) is 1.55. The molecule has 0 fully saturated rings. The van der Waals surface area contributed by atoms with E-state index in [0.717, 1.165) is 24.4 Å². The highest BCUT2D eigenvalue weighted by atomic mass is 16.5. The van der Waals surface area contributed by atoms with E-state index in [0.29, 0.717) is 6.61 Å². The predicted octanol–water partition coefficient (Wildman–Crippen LogP) is 0.880. The molecule has 5 heteroatoms. The molecule has 1 rings (SSSR count). The van der Waals surface area contributed by atoms with Crippen LogP contribution in [0.5, 0.6) is 5.75 Å². The van der Waals surface area contributed by atoms with Crippen molar-refractivity contribution in [2.75, 3.05) is 19.7 Å². The van der Waals surface area contributed by atoms with Crippen molar-refractivity contribution < 1.29 is 14.3 Å². The van der Waals surface area contributed by atoms with Gasteiger partial charge in [-0.3, -0.25) is 14.9 Å². The molecule has 0 spiro atoms. The van der Waals surface area contributed by atoms with Crippen molar-refractivity contribution in [2.45, 2.75) is 20.3 Å². The lowest BCUT2D eigenvalue weighted by Crippen LogP contribution is -2.29. The zero-order valence-electron chi connectivity index (χ0n) is 11.4. The molecule has 104 valence electrons. The Morgan fingerprint density at radius 3 is 2.47 bits per heavy atom. The minimum Gasteiger partial charge on any atom is -0.492 e. The van der Waals surface area contributed by atoms with Crippen LogP contribution >= 0.6 is 0 Å². The Hall–Kier alpha value is -1.88. The van der Waals surface area contributed by atoms with E-state index in [4.69, 9.17) is 4.74 Å². The van der Waals surface area contributed by atoms with Crippen LogP contribution in [-0.2, 0) is 16.0 Å². The molecule has 1 aromatic rings. The number of benzene rings is 1. The van der Waals surface area contributed by atoms with Crippen molar-refractivity contribution in [1.82, 2.24) is 10.6 Å². The Balaban J connectivity index is 2.38. The normalized spacial score (nSPS) is 10.0. The molecule has 0 unspecified atom stereocenters. The molecule has 0 aliphatic carbocycles. The van der Waals surface area contributed by atoms with Crippen LogP contribution in [0.3, 0.4) is 0 Å². The topological polar surface area (TPSA) is 67.4 Å². The molecule has 0 saturated carbocycles. The highest BCUT2D eigenvalue weighted by Crippen LogP contribution is 2.12. The van der Waals surface area contributed by atoms with Crippen molar-refractivity contribution in [3.63, 3.8) is 0 Å². The van der Waals surface area contributed by atoms with Crippen LogP contribution in [0, 0.1) is 0 Å². The van der Waals surface area contributed by atoms with Crippen molar-refractivity contribution in [3.05, 3.63) is 29.8 Å². The van der Waals surface area contributed by atoms with Gasteiger partial charge in [0.1, 0.15) is 12.4 Å². The van der Waals surface area contributed by atoms with Gasteiger partial charge in [-0.05, 0) is 24.2 Å². The number of imide groups is 1. The summed E-state index contributed by atoms with van der Waals surface area (Å²) < 4.78 is 5.52. The Morgan fingerprint density at radius 1 is 1.21 bits per heavy atom. The largest absolute Gasteiger partial charge is 0.492 e. The Bertz CT molecular complexity index is 415. The number of nitrogens with one attached hydrogen (secondary N) is 2. The highest BCUT2D eigenvalue weighted by Gasteiger charge is 2.05. The van der Waals surface area contributed by atoms with E-state index in [-0.39, 0.29) is 18.2 Å². The van der Waals surface area contributed by atoms with Crippen molar-refractivity contribution in [2.24, 2.45) is 0 Å². The van der Waals surface area contributed by atoms with Gasteiger partial charge < -0.3 is 10.1 Å². The molecule has 0 aromatic heterocycles. The van der Waals surface area contributed by atoms with Crippen LogP contribution in [-0.4, -0.2) is 31.5 Å². The van der Waals surface area contributed by atoms with E-state index in [9.17, 15) is 9.59 Å². The molecule has 0 aliphatic heterocycles. The molecular weight excluding hydrogens is 244 g/mol. The summed E-state index contributed by atoms with van der Waals surface area (Å²) in [7, 11) is 0. The van der Waals surface area contributed by atoms with Gasteiger partial charge in [0.05, 0.1) is 6.42 Å². The number of amides is 2. The maximum Gasteiger partial charge on any atom is 0.230 e. The van der Waals surface area contributed by atoms with Gasteiger partial charge in [0, 0.05) is 13.5 Å². The van der Waals surface area contributed by atoms with Gasteiger partial charge in [0.15, 0.2) is 0 Å². The summed E-state index contributed by atoms with van der Waals surface area (Å²) in [6, 6.07) is 7.29. The average molecular weight is 264 g/mol. The van der Waals surface area contributed by atoms with Crippen LogP contribution in [0.15, 0.2) is 24.3 Å². The van der Waals surface area contributed by atoms with Crippen LogP contribution in [0.1, 0.15) is 19.4 Å². The molecule has 0 atom stereocenters. The monoisotopic (exact) mass is 264 g/mol. The van der Waals surface area contributed by atoms with E-state index in [2.05, 4.69) is 10.6 Å². The smallest absolute Gasteiger partial charge is 0.230 e. The molecule has 0 bridgehead atoms. The van der Waals surface area contributed by atoms with E-state index in [1.807, 2.05) is 31.2 Å². The summed E-state index contributed by atoms with van der Waals surface area (Å²) >= 11 is 0. The van der Waals surface area contributed by atoms with Gasteiger partial charge >= 0.3 is 0 Å². The summed E-state index contributed by atoms with van der Waals surface area (Å²) in [6.07, 6.45) is 0.192. The molecule has 19 heavy (non-hydrogen) atoms. The molecule has 0 saturated heterocycles. The minimum atomic E-state index is -0.339. The lowest BCUT2D eigenvalue weighted by molar-refractivity contribution is -0.128. The summed E-state index contributed by atoms with van der Waals surface area (Å²) in [5.41, 5.74) is 0.845. The molecule has 0 aliphatic rings. The van der Waals surface area contributed by atoms with E-state index >= 15 is 0 Å². The standard InChI is InChI=1S/C14H20N2O3/c1-3-15-8-9-19-13-6-4-12(5-7-13)10-14(18)16-11(2)17/h4-7,15H,3,8-10H2,1-2H3,(H,16,17,18). The fraction of sp³-hybridized carbons (Fsp3) is 0.429. The molecular formula is C14H20N2O3. The van der Waals surface area contributed by atoms with Crippen LogP contribution in [0.2, 0.25) is 0 Å². The van der Waals surface area contributed by atoms with Gasteiger partial charge in [-0.2, -0.15) is 0 Å². The van der Waals surface area contributed by atoms with E-state index < -0.39 is 0 Å². The summed E-state index contributed by atoms with van der Waals surface area (Å²) in [5.74, 6) is 0.135.